The van der Waals surface area contributed by atoms with Crippen LogP contribution in [0, 0.1) is 10.1 Å². The molecule has 142 valence electrons. The normalized spacial score (nSPS) is 16.1. The number of nitro groups is 1. The van der Waals surface area contributed by atoms with Crippen molar-refractivity contribution in [3.63, 3.8) is 0 Å². The molecule has 7 nitrogen and oxygen atoms in total. The molecule has 1 aliphatic rings. The predicted molar refractivity (Wildman–Crippen MR) is 99.8 cm³/mol. The average Bonchev–Trinajstić information content (AvgIpc) is 3.20. The fourth-order valence-corrected chi connectivity index (χ4v) is 3.21. The van der Waals surface area contributed by atoms with E-state index >= 15 is 0 Å². The molecule has 27 heavy (non-hydrogen) atoms. The lowest BCUT2D eigenvalue weighted by Crippen LogP contribution is -2.37. The number of hydrogen-bond donors (Lipinski definition) is 0. The summed E-state index contributed by atoms with van der Waals surface area (Å²) in [6.07, 6.45) is 1.87. The van der Waals surface area contributed by atoms with E-state index in [-0.39, 0.29) is 29.0 Å². The Kier molecular flexibility index (Phi) is 6.03. The van der Waals surface area contributed by atoms with Crippen molar-refractivity contribution in [2.24, 2.45) is 0 Å². The van der Waals surface area contributed by atoms with Crippen LogP contribution in [-0.2, 0) is 11.3 Å². The number of rotatable bonds is 7. The van der Waals surface area contributed by atoms with Gasteiger partial charge in [0.25, 0.3) is 5.91 Å². The highest BCUT2D eigenvalue weighted by atomic mass is 16.6. The second kappa shape index (κ2) is 8.64. The van der Waals surface area contributed by atoms with E-state index in [0.29, 0.717) is 19.7 Å². The topological polar surface area (TPSA) is 81.9 Å². The zero-order chi connectivity index (χ0) is 19.2. The molecule has 7 heteroatoms. The minimum Gasteiger partial charge on any atom is -0.490 e. The molecule has 0 aromatic heterocycles. The first kappa shape index (κ1) is 18.8. The number of nitrogens with zero attached hydrogens (tertiary/aromatic N) is 2. The summed E-state index contributed by atoms with van der Waals surface area (Å²) in [5.74, 6) is -0.134. The molecule has 1 atom stereocenters. The van der Waals surface area contributed by atoms with Crippen LogP contribution in [0.25, 0.3) is 0 Å². The van der Waals surface area contributed by atoms with Crippen molar-refractivity contribution < 1.29 is 19.2 Å². The van der Waals surface area contributed by atoms with Gasteiger partial charge < -0.3 is 14.4 Å². The third-order valence-electron chi connectivity index (χ3n) is 4.57. The summed E-state index contributed by atoms with van der Waals surface area (Å²) in [6, 6.07) is 13.9. The molecule has 2 aromatic rings. The van der Waals surface area contributed by atoms with Gasteiger partial charge in [0.1, 0.15) is 0 Å². The lowest BCUT2D eigenvalue weighted by atomic mass is 10.1. The Hall–Kier alpha value is -2.93. The fourth-order valence-electron chi connectivity index (χ4n) is 3.21. The highest BCUT2D eigenvalue weighted by molar-refractivity contribution is 5.95. The van der Waals surface area contributed by atoms with E-state index in [2.05, 4.69) is 0 Å². The summed E-state index contributed by atoms with van der Waals surface area (Å²) in [6.45, 7) is 1.57. The number of hydrogen-bond acceptors (Lipinski definition) is 5. The lowest BCUT2D eigenvalue weighted by Gasteiger charge is -2.26. The zero-order valence-electron chi connectivity index (χ0n) is 15.2. The lowest BCUT2D eigenvalue weighted by molar-refractivity contribution is -0.385. The van der Waals surface area contributed by atoms with E-state index in [9.17, 15) is 14.9 Å². The van der Waals surface area contributed by atoms with Crippen LogP contribution in [0.4, 0.5) is 5.69 Å². The van der Waals surface area contributed by atoms with Crippen molar-refractivity contribution in [1.29, 1.82) is 0 Å². The van der Waals surface area contributed by atoms with Crippen molar-refractivity contribution in [2.45, 2.75) is 25.5 Å². The first-order valence-corrected chi connectivity index (χ1v) is 8.85. The van der Waals surface area contributed by atoms with Crippen molar-refractivity contribution in [3.8, 4) is 5.75 Å². The molecular weight excluding hydrogens is 348 g/mol. The van der Waals surface area contributed by atoms with E-state index in [1.807, 2.05) is 30.3 Å². The van der Waals surface area contributed by atoms with Crippen molar-refractivity contribution >= 4 is 11.6 Å². The van der Waals surface area contributed by atoms with E-state index in [0.717, 1.165) is 18.4 Å². The predicted octanol–water partition coefficient (Wildman–Crippen LogP) is 3.42. The SMILES string of the molecule is COc1ccc(C(=O)N(Cc2ccccc2)CC2CCCO2)cc1[N+](=O)[O-]. The number of benzene rings is 2. The molecule has 0 N–H and O–H groups in total. The Morgan fingerprint density at radius 2 is 2.07 bits per heavy atom. The molecule has 1 fully saturated rings. The van der Waals surface area contributed by atoms with Crippen LogP contribution in [0.1, 0.15) is 28.8 Å². The van der Waals surface area contributed by atoms with E-state index in [4.69, 9.17) is 9.47 Å². The highest BCUT2D eigenvalue weighted by Gasteiger charge is 2.26. The minimum absolute atomic E-state index is 0.00843. The maximum Gasteiger partial charge on any atom is 0.311 e. The Bertz CT molecular complexity index is 803. The molecule has 1 heterocycles. The molecular formula is C20H22N2O5. The molecule has 1 saturated heterocycles. The Balaban J connectivity index is 1.87. The fraction of sp³-hybridized carbons (Fsp3) is 0.350. The van der Waals surface area contributed by atoms with Gasteiger partial charge in [-0.3, -0.25) is 14.9 Å². The average molecular weight is 370 g/mol. The van der Waals surface area contributed by atoms with Crippen LogP contribution >= 0.6 is 0 Å². The Morgan fingerprint density at radius 3 is 2.70 bits per heavy atom. The standard InChI is InChI=1S/C20H22N2O5/c1-26-19-10-9-16(12-18(19)22(24)25)20(23)21(14-17-8-5-11-27-17)13-15-6-3-2-4-7-15/h2-4,6-7,9-10,12,17H,5,8,11,13-14H2,1H3. The highest BCUT2D eigenvalue weighted by Crippen LogP contribution is 2.28. The summed E-state index contributed by atoms with van der Waals surface area (Å²) in [7, 11) is 1.36. The van der Waals surface area contributed by atoms with Gasteiger partial charge in [-0.1, -0.05) is 30.3 Å². The molecule has 0 saturated carbocycles. The summed E-state index contributed by atoms with van der Waals surface area (Å²) in [4.78, 5) is 25.5. The maximum atomic E-state index is 13.1. The maximum absolute atomic E-state index is 13.1. The number of methoxy groups -OCH3 is 1. The molecule has 0 aliphatic carbocycles. The van der Waals surface area contributed by atoms with Crippen LogP contribution in [0.2, 0.25) is 0 Å². The number of ether oxygens (including phenoxy) is 2. The number of carbonyl (C=O) groups excluding carboxylic acids is 1. The number of nitro benzene ring substituents is 1. The third kappa shape index (κ3) is 4.62. The molecule has 0 spiro atoms. The Morgan fingerprint density at radius 1 is 1.30 bits per heavy atom. The van der Waals surface area contributed by atoms with Gasteiger partial charge >= 0.3 is 5.69 Å². The zero-order valence-corrected chi connectivity index (χ0v) is 15.2. The van der Waals surface area contributed by atoms with Gasteiger partial charge in [-0.05, 0) is 30.5 Å². The van der Waals surface area contributed by atoms with Gasteiger partial charge in [0.15, 0.2) is 5.75 Å². The van der Waals surface area contributed by atoms with Crippen LogP contribution in [0.3, 0.4) is 0 Å². The van der Waals surface area contributed by atoms with Gasteiger partial charge in [0, 0.05) is 31.3 Å². The Labute approximate surface area is 157 Å². The number of carbonyl (C=O) groups is 1. The quantitative estimate of drug-likeness (QED) is 0.551. The van der Waals surface area contributed by atoms with E-state index in [1.54, 1.807) is 11.0 Å². The van der Waals surface area contributed by atoms with Crippen LogP contribution < -0.4 is 4.74 Å². The van der Waals surface area contributed by atoms with Crippen molar-refractivity contribution in [1.82, 2.24) is 4.90 Å². The van der Waals surface area contributed by atoms with Gasteiger partial charge in [-0.25, -0.2) is 0 Å². The van der Waals surface area contributed by atoms with Crippen LogP contribution in [0.15, 0.2) is 48.5 Å². The molecule has 3 rings (SSSR count). The van der Waals surface area contributed by atoms with Crippen molar-refractivity contribution in [3.05, 3.63) is 69.8 Å². The molecule has 1 amide bonds. The monoisotopic (exact) mass is 370 g/mol. The van der Waals surface area contributed by atoms with Gasteiger partial charge in [0.2, 0.25) is 0 Å². The smallest absolute Gasteiger partial charge is 0.311 e. The summed E-state index contributed by atoms with van der Waals surface area (Å²) in [5, 5.41) is 11.3. The first-order valence-electron chi connectivity index (χ1n) is 8.85. The van der Waals surface area contributed by atoms with E-state index in [1.165, 1.54) is 19.2 Å². The first-order chi connectivity index (χ1) is 13.1. The summed E-state index contributed by atoms with van der Waals surface area (Å²) >= 11 is 0. The van der Waals surface area contributed by atoms with Crippen LogP contribution in [0.5, 0.6) is 5.75 Å². The number of amides is 1. The van der Waals surface area contributed by atoms with Crippen LogP contribution in [-0.4, -0.2) is 42.1 Å². The largest absolute Gasteiger partial charge is 0.490 e. The third-order valence-corrected chi connectivity index (χ3v) is 4.57. The van der Waals surface area contributed by atoms with Gasteiger partial charge in [-0.15, -0.1) is 0 Å². The summed E-state index contributed by atoms with van der Waals surface area (Å²) in [5.41, 5.74) is 1.03. The molecule has 1 aliphatic heterocycles. The molecule has 0 radical (unpaired) electrons. The molecule has 0 bridgehead atoms. The summed E-state index contributed by atoms with van der Waals surface area (Å²) < 4.78 is 10.7. The van der Waals surface area contributed by atoms with E-state index < -0.39 is 4.92 Å². The van der Waals surface area contributed by atoms with Crippen molar-refractivity contribution in [2.75, 3.05) is 20.3 Å². The van der Waals surface area contributed by atoms with Gasteiger partial charge in [0.05, 0.1) is 18.1 Å². The van der Waals surface area contributed by atoms with Gasteiger partial charge in [-0.2, -0.15) is 0 Å². The second-order valence-electron chi connectivity index (χ2n) is 6.45. The molecule has 2 aromatic carbocycles. The second-order valence-corrected chi connectivity index (χ2v) is 6.45. The molecule has 1 unspecified atom stereocenters. The minimum atomic E-state index is -0.544.